The Kier molecular flexibility index (Phi) is 4.68. The van der Waals surface area contributed by atoms with Gasteiger partial charge in [0.1, 0.15) is 0 Å². The first-order valence-corrected chi connectivity index (χ1v) is 7.04. The van der Waals surface area contributed by atoms with Gasteiger partial charge in [-0.3, -0.25) is 19.5 Å². The molecule has 1 unspecified atom stereocenters. The Morgan fingerprint density at radius 2 is 2.38 bits per heavy atom. The summed E-state index contributed by atoms with van der Waals surface area (Å²) >= 11 is 0. The van der Waals surface area contributed by atoms with E-state index in [1.165, 1.54) is 4.67 Å². The highest BCUT2D eigenvalue weighted by Gasteiger charge is 2.35. The third kappa shape index (κ3) is 3.15. The van der Waals surface area contributed by atoms with Crippen molar-refractivity contribution in [3.63, 3.8) is 0 Å². The van der Waals surface area contributed by atoms with E-state index in [9.17, 15) is 9.36 Å². The maximum Gasteiger partial charge on any atom is 0.305 e. The van der Waals surface area contributed by atoms with Crippen molar-refractivity contribution in [3.8, 4) is 0 Å². The molecule has 0 aromatic carbocycles. The second kappa shape index (κ2) is 5.59. The van der Waals surface area contributed by atoms with E-state index < -0.39 is 13.6 Å². The molecule has 1 fully saturated rings. The summed E-state index contributed by atoms with van der Waals surface area (Å²) < 4.78 is 13.3. The van der Waals surface area contributed by atoms with Crippen LogP contribution in [0.2, 0.25) is 0 Å². The van der Waals surface area contributed by atoms with Crippen molar-refractivity contribution in [1.29, 1.82) is 0 Å². The maximum atomic E-state index is 12.1. The molecule has 16 heavy (non-hydrogen) atoms. The van der Waals surface area contributed by atoms with Gasteiger partial charge in [0.2, 0.25) is 5.91 Å². The Labute approximate surface area is 95.6 Å². The molecule has 0 radical (unpaired) electrons. The Hall–Kier alpha value is -0.680. The summed E-state index contributed by atoms with van der Waals surface area (Å²) in [7, 11) is -3.29. The van der Waals surface area contributed by atoms with Crippen LogP contribution in [0.4, 0.5) is 0 Å². The minimum Gasteiger partial charge on any atom is -0.320 e. The van der Waals surface area contributed by atoms with Gasteiger partial charge in [-0.2, -0.15) is 0 Å². The topological polar surface area (TPSA) is 101 Å². The van der Waals surface area contributed by atoms with E-state index in [1.807, 2.05) is 0 Å². The van der Waals surface area contributed by atoms with Gasteiger partial charge in [-0.25, -0.2) is 5.09 Å². The smallest absolute Gasteiger partial charge is 0.305 e. The number of nitrogens with two attached hydrogens (primary N) is 2. The summed E-state index contributed by atoms with van der Waals surface area (Å²) in [4.78, 5) is 11.7. The third-order valence-electron chi connectivity index (χ3n) is 2.50. The lowest BCUT2D eigenvalue weighted by atomic mass is 10.1. The minimum absolute atomic E-state index is 0.330. The van der Waals surface area contributed by atoms with Crippen molar-refractivity contribution in [3.05, 3.63) is 12.7 Å². The van der Waals surface area contributed by atoms with Crippen molar-refractivity contribution >= 4 is 13.5 Å². The Morgan fingerprint density at radius 1 is 1.69 bits per heavy atom. The number of carbonyl (C=O) groups is 1. The molecule has 1 aliphatic heterocycles. The molecule has 1 amide bonds. The van der Waals surface area contributed by atoms with Crippen LogP contribution in [0, 0.1) is 0 Å². The lowest BCUT2D eigenvalue weighted by Gasteiger charge is -2.34. The van der Waals surface area contributed by atoms with E-state index in [2.05, 4.69) is 11.7 Å². The van der Waals surface area contributed by atoms with Crippen molar-refractivity contribution in [2.24, 2.45) is 11.2 Å². The number of nitrogens with one attached hydrogen (secondary N) is 1. The lowest BCUT2D eigenvalue weighted by Crippen LogP contribution is -2.49. The lowest BCUT2D eigenvalue weighted by molar-refractivity contribution is -0.129. The molecule has 5 N–H and O–H groups in total. The van der Waals surface area contributed by atoms with Gasteiger partial charge < -0.3 is 5.73 Å². The molecule has 0 spiro atoms. The SMILES string of the molecule is C=CCCNP(N)(=O)N1CCC[C@H](N)C1=O. The molecule has 1 aliphatic rings. The van der Waals surface area contributed by atoms with Gasteiger partial charge in [0.05, 0.1) is 6.04 Å². The predicted molar refractivity (Wildman–Crippen MR) is 63.5 cm³/mol. The van der Waals surface area contributed by atoms with Crippen molar-refractivity contribution in [1.82, 2.24) is 9.76 Å². The monoisotopic (exact) mass is 246 g/mol. The maximum absolute atomic E-state index is 12.1. The molecule has 1 saturated heterocycles. The number of carbonyl (C=O) groups excluding carboxylic acids is 1. The van der Waals surface area contributed by atoms with Gasteiger partial charge in [0.15, 0.2) is 0 Å². The van der Waals surface area contributed by atoms with E-state index in [1.54, 1.807) is 6.08 Å². The number of rotatable bonds is 5. The fourth-order valence-corrected chi connectivity index (χ4v) is 3.09. The fourth-order valence-electron chi connectivity index (χ4n) is 1.59. The Bertz CT molecular complexity index is 321. The van der Waals surface area contributed by atoms with Crippen LogP contribution in [-0.4, -0.2) is 29.7 Å². The largest absolute Gasteiger partial charge is 0.320 e. The van der Waals surface area contributed by atoms with Gasteiger partial charge in [-0.05, 0) is 19.3 Å². The van der Waals surface area contributed by atoms with Crippen LogP contribution < -0.4 is 16.3 Å². The molecule has 0 aliphatic carbocycles. The summed E-state index contributed by atoms with van der Waals surface area (Å²) in [5.74, 6) is -0.330. The van der Waals surface area contributed by atoms with Crippen LogP contribution in [0.1, 0.15) is 19.3 Å². The van der Waals surface area contributed by atoms with E-state index in [4.69, 9.17) is 11.2 Å². The highest BCUT2D eigenvalue weighted by molar-refractivity contribution is 7.57. The van der Waals surface area contributed by atoms with Crippen LogP contribution in [0.15, 0.2) is 12.7 Å². The molecule has 0 saturated carbocycles. The number of piperidine rings is 1. The quantitative estimate of drug-likeness (QED) is 0.364. The normalized spacial score (nSPS) is 25.2. The van der Waals surface area contributed by atoms with E-state index in [0.717, 1.165) is 6.42 Å². The van der Waals surface area contributed by atoms with E-state index in [-0.39, 0.29) is 5.91 Å². The average molecular weight is 246 g/mol. The molecule has 7 heteroatoms. The van der Waals surface area contributed by atoms with E-state index in [0.29, 0.717) is 25.9 Å². The molecular weight excluding hydrogens is 227 g/mol. The number of amides is 1. The molecule has 6 nitrogen and oxygen atoms in total. The predicted octanol–water partition coefficient (Wildman–Crippen LogP) is 0.169. The fraction of sp³-hybridized carbons (Fsp3) is 0.667. The third-order valence-corrected chi connectivity index (χ3v) is 4.29. The first kappa shape index (κ1) is 13.4. The van der Waals surface area contributed by atoms with Crippen molar-refractivity contribution in [2.75, 3.05) is 13.1 Å². The first-order chi connectivity index (χ1) is 7.49. The van der Waals surface area contributed by atoms with Crippen LogP contribution in [0.5, 0.6) is 0 Å². The van der Waals surface area contributed by atoms with E-state index >= 15 is 0 Å². The molecule has 0 aromatic rings. The number of nitrogens with zero attached hydrogens (tertiary/aromatic N) is 1. The van der Waals surface area contributed by atoms with Crippen LogP contribution in [0.25, 0.3) is 0 Å². The molecule has 92 valence electrons. The Balaban J connectivity index is 2.62. The van der Waals surface area contributed by atoms with Gasteiger partial charge in [0, 0.05) is 13.1 Å². The zero-order valence-electron chi connectivity index (χ0n) is 9.26. The molecule has 1 heterocycles. The summed E-state index contributed by atoms with van der Waals surface area (Å²) in [6.45, 7) is 4.39. The molecule has 0 aromatic heterocycles. The van der Waals surface area contributed by atoms with Crippen LogP contribution >= 0.6 is 7.59 Å². The zero-order valence-corrected chi connectivity index (χ0v) is 10.2. The summed E-state index contributed by atoms with van der Waals surface area (Å²) in [5.41, 5.74) is 11.3. The standard InChI is InChI=1S/C9H19N4O2P/c1-2-3-6-12-16(11,15)13-7-4-5-8(10)9(13)14/h2,8H,1,3-7,10H2,(H3,11,12,15)/t8-,16?/m0/s1. The molecular formula is C9H19N4O2P. The van der Waals surface area contributed by atoms with Gasteiger partial charge in [-0.15, -0.1) is 6.58 Å². The molecule has 1 rings (SSSR count). The number of hydrogen-bond acceptors (Lipinski definition) is 3. The average Bonchev–Trinajstić information content (AvgIpc) is 2.22. The van der Waals surface area contributed by atoms with Gasteiger partial charge in [-0.1, -0.05) is 6.08 Å². The van der Waals surface area contributed by atoms with Crippen LogP contribution in [0.3, 0.4) is 0 Å². The minimum atomic E-state index is -3.29. The second-order valence-corrected chi connectivity index (χ2v) is 5.86. The summed E-state index contributed by atoms with van der Waals surface area (Å²) in [6, 6.07) is -0.577. The van der Waals surface area contributed by atoms with Gasteiger partial charge in [0.25, 0.3) is 0 Å². The van der Waals surface area contributed by atoms with Crippen molar-refractivity contribution in [2.45, 2.75) is 25.3 Å². The Morgan fingerprint density at radius 3 is 3.00 bits per heavy atom. The van der Waals surface area contributed by atoms with Crippen LogP contribution in [-0.2, 0) is 9.36 Å². The van der Waals surface area contributed by atoms with Crippen molar-refractivity contribution < 1.29 is 9.36 Å². The van der Waals surface area contributed by atoms with Gasteiger partial charge >= 0.3 is 7.59 Å². The second-order valence-electron chi connectivity index (χ2n) is 3.82. The number of hydrogen-bond donors (Lipinski definition) is 3. The highest BCUT2D eigenvalue weighted by Crippen LogP contribution is 2.38. The summed E-state index contributed by atoms with van der Waals surface area (Å²) in [5, 5.41) is 2.69. The molecule has 2 atom stereocenters. The highest BCUT2D eigenvalue weighted by atomic mass is 31.2. The summed E-state index contributed by atoms with van der Waals surface area (Å²) in [6.07, 6.45) is 3.70. The first-order valence-electron chi connectivity index (χ1n) is 5.31. The zero-order chi connectivity index (χ0) is 12.2. The molecule has 0 bridgehead atoms.